The molecular formula is C11H14N4O3S. The van der Waals surface area contributed by atoms with Gasteiger partial charge < -0.3 is 5.32 Å². The lowest BCUT2D eigenvalue weighted by Crippen LogP contribution is -2.26. The first-order chi connectivity index (χ1) is 9.04. The summed E-state index contributed by atoms with van der Waals surface area (Å²) >= 11 is 0.989. The maximum Gasteiger partial charge on any atom is 0.324 e. The van der Waals surface area contributed by atoms with Crippen molar-refractivity contribution in [3.8, 4) is 6.07 Å². The third-order valence-electron chi connectivity index (χ3n) is 2.28. The SMILES string of the molecule is CC(=O)NCCCNC(C#N)c1ccc([N+](=O)[O-])s1. The first kappa shape index (κ1) is 15.1. The Morgan fingerprint density at radius 1 is 1.58 bits per heavy atom. The summed E-state index contributed by atoms with van der Waals surface area (Å²) in [4.78, 5) is 21.3. The van der Waals surface area contributed by atoms with Crippen molar-refractivity contribution >= 4 is 22.2 Å². The van der Waals surface area contributed by atoms with E-state index in [1.807, 2.05) is 0 Å². The Morgan fingerprint density at radius 3 is 2.84 bits per heavy atom. The highest BCUT2D eigenvalue weighted by Gasteiger charge is 2.16. The first-order valence-corrected chi connectivity index (χ1v) is 6.48. The first-order valence-electron chi connectivity index (χ1n) is 5.66. The molecule has 0 fully saturated rings. The smallest absolute Gasteiger partial charge is 0.324 e. The van der Waals surface area contributed by atoms with Crippen LogP contribution in [0.4, 0.5) is 5.00 Å². The topological polar surface area (TPSA) is 108 Å². The Balaban J connectivity index is 2.43. The summed E-state index contributed by atoms with van der Waals surface area (Å²) in [6.45, 7) is 2.52. The van der Waals surface area contributed by atoms with E-state index in [0.717, 1.165) is 11.3 Å². The van der Waals surface area contributed by atoms with Gasteiger partial charge in [0.25, 0.3) is 0 Å². The minimum Gasteiger partial charge on any atom is -0.356 e. The second-order valence-electron chi connectivity index (χ2n) is 3.79. The largest absolute Gasteiger partial charge is 0.356 e. The number of hydrogen-bond donors (Lipinski definition) is 2. The number of nitro groups is 1. The zero-order valence-electron chi connectivity index (χ0n) is 10.4. The Kier molecular flexibility index (Phi) is 5.92. The lowest BCUT2D eigenvalue weighted by atomic mass is 10.2. The van der Waals surface area contributed by atoms with E-state index in [0.29, 0.717) is 24.4 Å². The summed E-state index contributed by atoms with van der Waals surface area (Å²) in [5.41, 5.74) is 0. The average molecular weight is 282 g/mol. The number of rotatable bonds is 7. The normalized spacial score (nSPS) is 11.6. The van der Waals surface area contributed by atoms with Gasteiger partial charge >= 0.3 is 5.00 Å². The molecule has 1 atom stereocenters. The highest BCUT2D eigenvalue weighted by Crippen LogP contribution is 2.28. The molecule has 0 aromatic carbocycles. The molecule has 19 heavy (non-hydrogen) atoms. The van der Waals surface area contributed by atoms with E-state index in [4.69, 9.17) is 5.26 Å². The standard InChI is InChI=1S/C11H14N4O3S/c1-8(16)13-5-2-6-14-9(7-12)10-3-4-11(19-10)15(17)18/h3-4,9,14H,2,5-6H2,1H3,(H,13,16). The van der Waals surface area contributed by atoms with Crippen LogP contribution in [0.5, 0.6) is 0 Å². The zero-order chi connectivity index (χ0) is 14.3. The molecule has 0 saturated heterocycles. The summed E-state index contributed by atoms with van der Waals surface area (Å²) in [5.74, 6) is -0.0919. The molecular weight excluding hydrogens is 268 g/mol. The van der Waals surface area contributed by atoms with Crippen molar-refractivity contribution in [2.24, 2.45) is 0 Å². The maximum atomic E-state index is 10.6. The fourth-order valence-electron chi connectivity index (χ4n) is 1.40. The van der Waals surface area contributed by atoms with Crippen LogP contribution in [0.2, 0.25) is 0 Å². The van der Waals surface area contributed by atoms with Gasteiger partial charge in [0, 0.05) is 24.4 Å². The maximum absolute atomic E-state index is 10.6. The van der Waals surface area contributed by atoms with Crippen LogP contribution in [0.3, 0.4) is 0 Å². The van der Waals surface area contributed by atoms with E-state index in [-0.39, 0.29) is 10.9 Å². The van der Waals surface area contributed by atoms with Crippen LogP contribution in [0.1, 0.15) is 24.3 Å². The van der Waals surface area contributed by atoms with Gasteiger partial charge in [-0.25, -0.2) is 0 Å². The summed E-state index contributed by atoms with van der Waals surface area (Å²) in [5, 5.41) is 25.2. The highest BCUT2D eigenvalue weighted by atomic mass is 32.1. The molecule has 2 N–H and O–H groups in total. The quantitative estimate of drug-likeness (QED) is 0.445. The third-order valence-corrected chi connectivity index (χ3v) is 3.38. The van der Waals surface area contributed by atoms with E-state index in [1.54, 1.807) is 6.07 Å². The molecule has 0 spiro atoms. The molecule has 0 aliphatic heterocycles. The lowest BCUT2D eigenvalue weighted by molar-refractivity contribution is -0.380. The number of amides is 1. The number of carbonyl (C=O) groups is 1. The van der Waals surface area contributed by atoms with Gasteiger partial charge in [-0.05, 0) is 19.0 Å². The van der Waals surface area contributed by atoms with Gasteiger partial charge in [0.05, 0.1) is 11.0 Å². The van der Waals surface area contributed by atoms with Crippen molar-refractivity contribution in [3.63, 3.8) is 0 Å². The highest BCUT2D eigenvalue weighted by molar-refractivity contribution is 7.15. The van der Waals surface area contributed by atoms with E-state index in [9.17, 15) is 14.9 Å². The molecule has 8 heteroatoms. The molecule has 0 saturated carbocycles. The number of carbonyl (C=O) groups excluding carboxylic acids is 1. The number of nitriles is 1. The molecule has 0 bridgehead atoms. The molecule has 1 rings (SSSR count). The molecule has 1 heterocycles. The van der Waals surface area contributed by atoms with E-state index >= 15 is 0 Å². The lowest BCUT2D eigenvalue weighted by Gasteiger charge is -2.09. The number of nitrogens with zero attached hydrogens (tertiary/aromatic N) is 2. The van der Waals surface area contributed by atoms with Gasteiger partial charge in [0.2, 0.25) is 5.91 Å². The van der Waals surface area contributed by atoms with E-state index in [2.05, 4.69) is 16.7 Å². The van der Waals surface area contributed by atoms with Crippen LogP contribution in [-0.2, 0) is 4.79 Å². The molecule has 7 nitrogen and oxygen atoms in total. The average Bonchev–Trinajstić information content (AvgIpc) is 2.83. The number of thiophene rings is 1. The van der Waals surface area contributed by atoms with Crippen LogP contribution in [0.15, 0.2) is 12.1 Å². The minimum absolute atomic E-state index is 0.0234. The molecule has 0 aliphatic carbocycles. The van der Waals surface area contributed by atoms with Crippen molar-refractivity contribution in [1.29, 1.82) is 5.26 Å². The number of nitrogens with one attached hydrogen (secondary N) is 2. The fourth-order valence-corrected chi connectivity index (χ4v) is 2.25. The second kappa shape index (κ2) is 7.45. The van der Waals surface area contributed by atoms with E-state index in [1.165, 1.54) is 13.0 Å². The predicted molar refractivity (Wildman–Crippen MR) is 70.6 cm³/mol. The molecule has 1 aromatic heterocycles. The monoisotopic (exact) mass is 282 g/mol. The Hall–Kier alpha value is -1.98. The second-order valence-corrected chi connectivity index (χ2v) is 4.88. The van der Waals surface area contributed by atoms with Gasteiger partial charge in [-0.15, -0.1) is 0 Å². The molecule has 1 aromatic rings. The molecule has 1 unspecified atom stereocenters. The molecule has 0 aliphatic rings. The van der Waals surface area contributed by atoms with Crippen LogP contribution in [-0.4, -0.2) is 23.9 Å². The third kappa shape index (κ3) is 5.03. The minimum atomic E-state index is -0.559. The van der Waals surface area contributed by atoms with Crippen molar-refractivity contribution in [1.82, 2.24) is 10.6 Å². The Morgan fingerprint density at radius 2 is 2.32 bits per heavy atom. The van der Waals surface area contributed by atoms with Crippen molar-refractivity contribution in [2.75, 3.05) is 13.1 Å². The zero-order valence-corrected chi connectivity index (χ0v) is 11.2. The van der Waals surface area contributed by atoms with Gasteiger partial charge in [-0.2, -0.15) is 5.26 Å². The van der Waals surface area contributed by atoms with Crippen LogP contribution in [0.25, 0.3) is 0 Å². The number of hydrogen-bond acceptors (Lipinski definition) is 6. The predicted octanol–water partition coefficient (Wildman–Crippen LogP) is 1.34. The fraction of sp³-hybridized carbons (Fsp3) is 0.455. The molecule has 1 amide bonds. The van der Waals surface area contributed by atoms with E-state index < -0.39 is 11.0 Å². The Bertz CT molecular complexity index is 494. The van der Waals surface area contributed by atoms with Gasteiger partial charge in [-0.3, -0.25) is 20.2 Å². The summed E-state index contributed by atoms with van der Waals surface area (Å²) in [6, 6.07) is 4.47. The van der Waals surface area contributed by atoms with Crippen molar-refractivity contribution in [3.05, 3.63) is 27.1 Å². The Labute approximate surface area is 114 Å². The van der Waals surface area contributed by atoms with Crippen molar-refractivity contribution < 1.29 is 9.72 Å². The molecule has 102 valence electrons. The molecule has 0 radical (unpaired) electrons. The van der Waals surface area contributed by atoms with Crippen LogP contribution in [0, 0.1) is 21.4 Å². The van der Waals surface area contributed by atoms with Crippen LogP contribution < -0.4 is 10.6 Å². The van der Waals surface area contributed by atoms with Crippen molar-refractivity contribution in [2.45, 2.75) is 19.4 Å². The van der Waals surface area contributed by atoms with Gasteiger partial charge in [0.15, 0.2) is 0 Å². The summed E-state index contributed by atoms with van der Waals surface area (Å²) < 4.78 is 0. The van der Waals surface area contributed by atoms with Gasteiger partial charge in [0.1, 0.15) is 6.04 Å². The van der Waals surface area contributed by atoms with Crippen LogP contribution >= 0.6 is 11.3 Å². The van der Waals surface area contributed by atoms with Gasteiger partial charge in [-0.1, -0.05) is 11.3 Å². The summed E-state index contributed by atoms with van der Waals surface area (Å²) in [6.07, 6.45) is 0.686. The summed E-state index contributed by atoms with van der Waals surface area (Å²) in [7, 11) is 0.